The van der Waals surface area contributed by atoms with Crippen LogP contribution < -0.4 is 15.1 Å². The molecule has 1 unspecified atom stereocenters. The third-order valence-corrected chi connectivity index (χ3v) is 5.44. The van der Waals surface area contributed by atoms with Crippen molar-refractivity contribution in [2.45, 2.75) is 19.0 Å². The van der Waals surface area contributed by atoms with E-state index < -0.39 is 6.04 Å². The summed E-state index contributed by atoms with van der Waals surface area (Å²) in [4.78, 5) is 30.0. The van der Waals surface area contributed by atoms with Crippen molar-refractivity contribution in [1.29, 1.82) is 0 Å². The lowest BCUT2D eigenvalue weighted by molar-refractivity contribution is -0.122. The Hall–Kier alpha value is -3.60. The van der Waals surface area contributed by atoms with E-state index in [9.17, 15) is 9.59 Å². The van der Waals surface area contributed by atoms with Gasteiger partial charge in [-0.15, -0.1) is 0 Å². The predicted octanol–water partition coefficient (Wildman–Crippen LogP) is 3.64. The van der Waals surface area contributed by atoms with Crippen molar-refractivity contribution >= 4 is 23.2 Å². The lowest BCUT2D eigenvalue weighted by atomic mass is 10.1. The van der Waals surface area contributed by atoms with Gasteiger partial charge >= 0.3 is 0 Å². The summed E-state index contributed by atoms with van der Waals surface area (Å²) in [6, 6.07) is 24.3. The first-order valence-electron chi connectivity index (χ1n) is 10.0. The molecule has 0 saturated heterocycles. The number of benzene rings is 3. The number of carbonyl (C=O) groups is 2. The molecule has 3 aromatic rings. The topological polar surface area (TPSA) is 52.7 Å². The van der Waals surface area contributed by atoms with Gasteiger partial charge in [0, 0.05) is 44.0 Å². The second-order valence-electron chi connectivity index (χ2n) is 7.67. The standard InChI is InChI=1S/C25H25N3O2/c1-27(2)21-14-12-18(13-15-21)17-26-24(29)23-16-20-10-6-7-11-22(20)28(23)25(30)19-8-4-3-5-9-19/h3-15,23H,16-17H2,1-2H3,(H,26,29). The van der Waals surface area contributed by atoms with Crippen LogP contribution in [0.1, 0.15) is 21.5 Å². The highest BCUT2D eigenvalue weighted by molar-refractivity contribution is 6.11. The van der Waals surface area contributed by atoms with Gasteiger partial charge in [-0.25, -0.2) is 0 Å². The maximum atomic E-state index is 13.2. The summed E-state index contributed by atoms with van der Waals surface area (Å²) in [5, 5.41) is 3.01. The van der Waals surface area contributed by atoms with Gasteiger partial charge in [0.2, 0.25) is 5.91 Å². The molecule has 152 valence electrons. The summed E-state index contributed by atoms with van der Waals surface area (Å²) in [6.45, 7) is 0.423. The van der Waals surface area contributed by atoms with Gasteiger partial charge in [-0.3, -0.25) is 14.5 Å². The minimum atomic E-state index is -0.559. The Balaban J connectivity index is 1.53. The molecule has 1 aliphatic rings. The minimum absolute atomic E-state index is 0.146. The summed E-state index contributed by atoms with van der Waals surface area (Å²) in [7, 11) is 3.99. The number of hydrogen-bond donors (Lipinski definition) is 1. The molecule has 2 amide bonds. The Morgan fingerprint density at radius 1 is 0.933 bits per heavy atom. The van der Waals surface area contributed by atoms with Crippen LogP contribution in [0.2, 0.25) is 0 Å². The fraction of sp³-hybridized carbons (Fsp3) is 0.200. The molecule has 0 fully saturated rings. The molecule has 0 aliphatic carbocycles. The Labute approximate surface area is 176 Å². The molecule has 3 aromatic carbocycles. The number of amides is 2. The van der Waals surface area contributed by atoms with E-state index in [4.69, 9.17) is 0 Å². The number of nitrogens with one attached hydrogen (secondary N) is 1. The van der Waals surface area contributed by atoms with E-state index in [-0.39, 0.29) is 11.8 Å². The Kier molecular flexibility index (Phi) is 5.53. The largest absolute Gasteiger partial charge is 0.378 e. The molecule has 5 nitrogen and oxygen atoms in total. The van der Waals surface area contributed by atoms with Gasteiger partial charge in [0.05, 0.1) is 0 Å². The van der Waals surface area contributed by atoms with E-state index in [0.29, 0.717) is 18.5 Å². The molecule has 1 aliphatic heterocycles. The van der Waals surface area contributed by atoms with Crippen molar-refractivity contribution in [3.8, 4) is 0 Å². The molecule has 1 atom stereocenters. The fourth-order valence-electron chi connectivity index (χ4n) is 3.79. The smallest absolute Gasteiger partial charge is 0.259 e. The highest BCUT2D eigenvalue weighted by Gasteiger charge is 2.38. The van der Waals surface area contributed by atoms with E-state index in [1.807, 2.05) is 85.7 Å². The summed E-state index contributed by atoms with van der Waals surface area (Å²) < 4.78 is 0. The zero-order chi connectivity index (χ0) is 21.1. The quantitative estimate of drug-likeness (QED) is 0.713. The second kappa shape index (κ2) is 8.41. The Morgan fingerprint density at radius 2 is 1.60 bits per heavy atom. The average molecular weight is 399 g/mol. The van der Waals surface area contributed by atoms with Gasteiger partial charge in [0.1, 0.15) is 6.04 Å². The van der Waals surface area contributed by atoms with E-state index in [1.54, 1.807) is 17.0 Å². The number of hydrogen-bond acceptors (Lipinski definition) is 3. The van der Waals surface area contributed by atoms with Crippen LogP contribution in [0.15, 0.2) is 78.9 Å². The van der Waals surface area contributed by atoms with Gasteiger partial charge in [0.25, 0.3) is 5.91 Å². The van der Waals surface area contributed by atoms with Crippen molar-refractivity contribution in [2.24, 2.45) is 0 Å². The van der Waals surface area contributed by atoms with Crippen LogP contribution in [0.3, 0.4) is 0 Å². The van der Waals surface area contributed by atoms with E-state index in [1.165, 1.54) is 0 Å². The lowest BCUT2D eigenvalue weighted by Gasteiger charge is -2.25. The number of anilines is 2. The van der Waals surface area contributed by atoms with Crippen molar-refractivity contribution in [2.75, 3.05) is 23.9 Å². The van der Waals surface area contributed by atoms with Crippen LogP contribution in [0.4, 0.5) is 11.4 Å². The van der Waals surface area contributed by atoms with Gasteiger partial charge in [-0.1, -0.05) is 48.5 Å². The van der Waals surface area contributed by atoms with Crippen molar-refractivity contribution < 1.29 is 9.59 Å². The third kappa shape index (κ3) is 3.92. The summed E-state index contributed by atoms with van der Waals surface area (Å²) in [6.07, 6.45) is 0.514. The van der Waals surface area contributed by atoms with Crippen molar-refractivity contribution in [3.63, 3.8) is 0 Å². The van der Waals surface area contributed by atoms with Gasteiger partial charge in [-0.05, 0) is 41.5 Å². The lowest BCUT2D eigenvalue weighted by Crippen LogP contribution is -2.48. The van der Waals surface area contributed by atoms with Gasteiger partial charge < -0.3 is 10.2 Å². The molecule has 4 rings (SSSR count). The Bertz CT molecular complexity index is 1050. The maximum Gasteiger partial charge on any atom is 0.259 e. The molecule has 0 aromatic heterocycles. The number of fused-ring (bicyclic) bond motifs is 1. The highest BCUT2D eigenvalue weighted by Crippen LogP contribution is 2.33. The SMILES string of the molecule is CN(C)c1ccc(CNC(=O)C2Cc3ccccc3N2C(=O)c2ccccc2)cc1. The molecule has 0 radical (unpaired) electrons. The summed E-state index contributed by atoms with van der Waals surface area (Å²) in [5.41, 5.74) is 4.52. The predicted molar refractivity (Wildman–Crippen MR) is 120 cm³/mol. The first kappa shape index (κ1) is 19.7. The van der Waals surface area contributed by atoms with Crippen LogP contribution in [-0.4, -0.2) is 32.0 Å². The first-order valence-corrected chi connectivity index (χ1v) is 10.0. The number of rotatable bonds is 5. The summed E-state index contributed by atoms with van der Waals surface area (Å²) in [5.74, 6) is -0.303. The average Bonchev–Trinajstić information content (AvgIpc) is 3.17. The molecule has 0 bridgehead atoms. The van der Waals surface area contributed by atoms with Gasteiger partial charge in [-0.2, -0.15) is 0 Å². The van der Waals surface area contributed by atoms with Crippen LogP contribution >= 0.6 is 0 Å². The molecule has 5 heteroatoms. The fourth-order valence-corrected chi connectivity index (χ4v) is 3.79. The molecule has 0 spiro atoms. The summed E-state index contributed by atoms with van der Waals surface area (Å²) >= 11 is 0. The zero-order valence-electron chi connectivity index (χ0n) is 17.2. The van der Waals surface area contributed by atoms with Crippen LogP contribution in [0.5, 0.6) is 0 Å². The third-order valence-electron chi connectivity index (χ3n) is 5.44. The molecule has 0 saturated carbocycles. The van der Waals surface area contributed by atoms with E-state index in [0.717, 1.165) is 22.5 Å². The highest BCUT2D eigenvalue weighted by atomic mass is 16.2. The Morgan fingerprint density at radius 3 is 2.30 bits per heavy atom. The van der Waals surface area contributed by atoms with E-state index in [2.05, 4.69) is 5.32 Å². The molecular formula is C25H25N3O2. The minimum Gasteiger partial charge on any atom is -0.378 e. The van der Waals surface area contributed by atoms with Crippen molar-refractivity contribution in [1.82, 2.24) is 5.32 Å². The van der Waals surface area contributed by atoms with Crippen LogP contribution in [-0.2, 0) is 17.8 Å². The second-order valence-corrected chi connectivity index (χ2v) is 7.67. The number of carbonyl (C=O) groups excluding carboxylic acids is 2. The van der Waals surface area contributed by atoms with Crippen LogP contribution in [0, 0.1) is 0 Å². The number of nitrogens with zero attached hydrogens (tertiary/aromatic N) is 2. The molecule has 30 heavy (non-hydrogen) atoms. The number of para-hydroxylation sites is 1. The van der Waals surface area contributed by atoms with Gasteiger partial charge in [0.15, 0.2) is 0 Å². The monoisotopic (exact) mass is 399 g/mol. The van der Waals surface area contributed by atoms with Crippen molar-refractivity contribution in [3.05, 3.63) is 95.6 Å². The zero-order valence-corrected chi connectivity index (χ0v) is 17.2. The van der Waals surface area contributed by atoms with E-state index >= 15 is 0 Å². The maximum absolute atomic E-state index is 13.2. The molecule has 1 heterocycles. The normalized spacial score (nSPS) is 14.9. The first-order chi connectivity index (χ1) is 14.5. The molecular weight excluding hydrogens is 374 g/mol. The molecule has 1 N–H and O–H groups in total. The van der Waals surface area contributed by atoms with Crippen LogP contribution in [0.25, 0.3) is 0 Å².